The minimum atomic E-state index is -1.51. The van der Waals surface area contributed by atoms with Crippen LogP contribution in [0.15, 0.2) is 36.4 Å². The molecule has 0 aliphatic carbocycles. The van der Waals surface area contributed by atoms with Crippen molar-refractivity contribution < 1.29 is 73.6 Å². The third kappa shape index (κ3) is 16.2. The lowest BCUT2D eigenvalue weighted by molar-refractivity contribution is -0.969. The van der Waals surface area contributed by atoms with Gasteiger partial charge in [-0.1, -0.05) is 0 Å². The van der Waals surface area contributed by atoms with Crippen molar-refractivity contribution in [2.24, 2.45) is 0 Å². The summed E-state index contributed by atoms with van der Waals surface area (Å²) in [5, 5.41) is 36.8. The minimum absolute atomic E-state index is 0.380. The molecule has 0 bridgehead atoms. The van der Waals surface area contributed by atoms with E-state index >= 15 is 0 Å². The van der Waals surface area contributed by atoms with Crippen LogP contribution in [0.5, 0.6) is 17.2 Å². The second kappa shape index (κ2) is 20.3. The number of ether oxygens (including phenoxy) is 4. The first-order valence-corrected chi connectivity index (χ1v) is 12.2. The van der Waals surface area contributed by atoms with Gasteiger partial charge in [-0.05, 0) is 31.2 Å². The molecule has 2 rings (SSSR count). The average molecular weight is 585 g/mol. The van der Waals surface area contributed by atoms with Gasteiger partial charge in [0.05, 0.1) is 52.0 Å². The molecule has 0 radical (unpaired) electrons. The van der Waals surface area contributed by atoms with Crippen LogP contribution in [0, 0.1) is 0 Å². The van der Waals surface area contributed by atoms with Crippen molar-refractivity contribution in [2.75, 3.05) is 54.1 Å². The molecule has 1 aromatic rings. The van der Waals surface area contributed by atoms with Gasteiger partial charge in [0.1, 0.15) is 25.7 Å². The second-order valence-electron chi connectivity index (χ2n) is 8.26. The number of piperazine rings is 1. The maximum absolute atomic E-state index is 12.3. The van der Waals surface area contributed by atoms with Crippen LogP contribution >= 0.6 is 0 Å². The SMILES string of the molecule is COc1cc(C(=O)OCCC[NH+]2CC[NH2+]CC2C)cc(OC)c1OC.O=C([O-])/C=C/C(=O)O.O=C([O-])/C=C/C(=O)O. The molecule has 41 heavy (non-hydrogen) atoms. The predicted molar refractivity (Wildman–Crippen MR) is 136 cm³/mol. The fourth-order valence-electron chi connectivity index (χ4n) is 3.46. The quantitative estimate of drug-likeness (QED) is 0.104. The zero-order valence-corrected chi connectivity index (χ0v) is 23.2. The van der Waals surface area contributed by atoms with Crippen molar-refractivity contribution >= 4 is 29.8 Å². The van der Waals surface area contributed by atoms with Crippen LogP contribution in [0.1, 0.15) is 23.7 Å². The van der Waals surface area contributed by atoms with Crippen LogP contribution in [0.3, 0.4) is 0 Å². The first-order chi connectivity index (χ1) is 19.4. The largest absolute Gasteiger partial charge is 0.545 e. The van der Waals surface area contributed by atoms with Crippen molar-refractivity contribution in [1.29, 1.82) is 0 Å². The van der Waals surface area contributed by atoms with Gasteiger partial charge in [0, 0.05) is 18.6 Å². The molecule has 2 unspecified atom stereocenters. The Morgan fingerprint density at radius 1 is 0.927 bits per heavy atom. The summed E-state index contributed by atoms with van der Waals surface area (Å²) < 4.78 is 21.2. The Balaban J connectivity index is 0.000000820. The van der Waals surface area contributed by atoms with E-state index in [2.05, 4.69) is 12.2 Å². The number of esters is 1. The number of carboxylic acid groups (broad SMARTS) is 4. The van der Waals surface area contributed by atoms with Crippen LogP contribution in [0.2, 0.25) is 0 Å². The van der Waals surface area contributed by atoms with E-state index in [0.29, 0.717) is 59.8 Å². The topological polar surface area (TPSA) is 230 Å². The molecule has 1 fully saturated rings. The summed E-state index contributed by atoms with van der Waals surface area (Å²) in [6, 6.07) is 3.87. The zero-order valence-electron chi connectivity index (χ0n) is 23.2. The molecule has 1 aromatic carbocycles. The van der Waals surface area contributed by atoms with E-state index in [0.717, 1.165) is 13.0 Å². The number of nitrogens with two attached hydrogens (primary N) is 1. The van der Waals surface area contributed by atoms with Crippen LogP contribution in [-0.2, 0) is 23.9 Å². The number of aliphatic carboxylic acids is 4. The number of hydrogen-bond acceptors (Lipinski definition) is 11. The van der Waals surface area contributed by atoms with E-state index in [1.165, 1.54) is 41.0 Å². The number of quaternary nitrogens is 2. The highest BCUT2D eigenvalue weighted by Gasteiger charge is 2.24. The lowest BCUT2D eigenvalue weighted by Gasteiger charge is -2.28. The van der Waals surface area contributed by atoms with Crippen LogP contribution in [0.4, 0.5) is 0 Å². The highest BCUT2D eigenvalue weighted by atomic mass is 16.5. The Morgan fingerprint density at radius 2 is 1.44 bits per heavy atom. The van der Waals surface area contributed by atoms with E-state index in [9.17, 15) is 34.2 Å². The summed E-state index contributed by atoms with van der Waals surface area (Å²) in [6.45, 7) is 7.22. The van der Waals surface area contributed by atoms with Gasteiger partial charge in [0.2, 0.25) is 5.75 Å². The number of carbonyl (C=O) groups is 5. The maximum atomic E-state index is 12.3. The van der Waals surface area contributed by atoms with Gasteiger partial charge < -0.3 is 59.2 Å². The van der Waals surface area contributed by atoms with Crippen molar-refractivity contribution in [3.8, 4) is 17.2 Å². The number of carboxylic acids is 4. The van der Waals surface area contributed by atoms with Crippen molar-refractivity contribution in [3.63, 3.8) is 0 Å². The van der Waals surface area contributed by atoms with Crippen molar-refractivity contribution in [1.82, 2.24) is 0 Å². The van der Waals surface area contributed by atoms with Crippen LogP contribution in [-0.4, -0.2) is 100 Å². The lowest BCUT2D eigenvalue weighted by Crippen LogP contribution is -3.23. The normalized spacial score (nSPS) is 15.9. The summed E-state index contributed by atoms with van der Waals surface area (Å²) in [5.74, 6) is -4.65. The molecule has 1 saturated heterocycles. The molecule has 1 aliphatic rings. The van der Waals surface area contributed by atoms with E-state index in [-0.39, 0.29) is 5.97 Å². The number of benzene rings is 1. The highest BCUT2D eigenvalue weighted by Crippen LogP contribution is 2.38. The summed E-state index contributed by atoms with van der Waals surface area (Å²) >= 11 is 0. The predicted octanol–water partition coefficient (Wildman–Crippen LogP) is -4.14. The van der Waals surface area contributed by atoms with Gasteiger partial charge in [0.25, 0.3) is 0 Å². The monoisotopic (exact) mass is 584 g/mol. The molecular formula is C26H36N2O13. The van der Waals surface area contributed by atoms with E-state index in [4.69, 9.17) is 29.2 Å². The molecule has 1 heterocycles. The molecule has 0 aromatic heterocycles. The van der Waals surface area contributed by atoms with Gasteiger partial charge in [0.15, 0.2) is 11.5 Å². The Labute approximate surface area is 236 Å². The number of nitrogens with one attached hydrogen (secondary N) is 1. The van der Waals surface area contributed by atoms with E-state index < -0.39 is 23.9 Å². The Bertz CT molecular complexity index is 994. The Hall–Kier alpha value is -4.63. The van der Waals surface area contributed by atoms with Crippen molar-refractivity contribution in [3.05, 3.63) is 42.0 Å². The van der Waals surface area contributed by atoms with Crippen LogP contribution in [0.25, 0.3) is 0 Å². The smallest absolute Gasteiger partial charge is 0.338 e. The lowest BCUT2D eigenvalue weighted by atomic mass is 10.2. The Kier molecular flexibility index (Phi) is 18.0. The summed E-state index contributed by atoms with van der Waals surface area (Å²) in [4.78, 5) is 51.8. The molecule has 228 valence electrons. The average Bonchev–Trinajstić information content (AvgIpc) is 2.93. The minimum Gasteiger partial charge on any atom is -0.545 e. The standard InChI is InChI=1S/C18H28N2O5.2C4H4O4/c1-13-12-19-6-8-20(13)7-5-9-25-18(21)14-10-15(22-2)17(24-4)16(11-14)23-3;2*5-3(6)1-2-4(7)8/h10-11,13,19H,5-9,12H2,1-4H3;2*1-2H,(H,5,6)(H,7,8)/b;2*2-1+. The maximum Gasteiger partial charge on any atom is 0.338 e. The van der Waals surface area contributed by atoms with Gasteiger partial charge in [-0.3, -0.25) is 0 Å². The number of carbonyl (C=O) groups excluding carboxylic acids is 3. The summed E-state index contributed by atoms with van der Waals surface area (Å²) in [6.07, 6.45) is 2.74. The third-order valence-corrected chi connectivity index (χ3v) is 5.39. The molecular weight excluding hydrogens is 548 g/mol. The molecule has 0 amide bonds. The number of hydrogen-bond donors (Lipinski definition) is 4. The third-order valence-electron chi connectivity index (χ3n) is 5.39. The summed E-state index contributed by atoms with van der Waals surface area (Å²) in [5.41, 5.74) is 0.391. The second-order valence-corrected chi connectivity index (χ2v) is 8.26. The first kappa shape index (κ1) is 36.4. The summed E-state index contributed by atoms with van der Waals surface area (Å²) in [7, 11) is 4.57. The van der Waals surface area contributed by atoms with E-state index in [1.54, 1.807) is 17.0 Å². The number of methoxy groups -OCH3 is 3. The Morgan fingerprint density at radius 3 is 1.80 bits per heavy atom. The molecule has 1 aliphatic heterocycles. The molecule has 15 heteroatoms. The van der Waals surface area contributed by atoms with Crippen LogP contribution < -0.4 is 34.6 Å². The van der Waals surface area contributed by atoms with Gasteiger partial charge in [-0.2, -0.15) is 0 Å². The zero-order chi connectivity index (χ0) is 31.4. The molecule has 15 nitrogen and oxygen atoms in total. The molecule has 0 saturated carbocycles. The fourth-order valence-corrected chi connectivity index (χ4v) is 3.46. The van der Waals surface area contributed by atoms with Gasteiger partial charge >= 0.3 is 17.9 Å². The molecule has 5 N–H and O–H groups in total. The van der Waals surface area contributed by atoms with Crippen molar-refractivity contribution in [2.45, 2.75) is 19.4 Å². The molecule has 2 atom stereocenters. The highest BCUT2D eigenvalue weighted by molar-refractivity contribution is 5.91. The van der Waals surface area contributed by atoms with Gasteiger partial charge in [-0.25, -0.2) is 14.4 Å². The molecule has 0 spiro atoms. The number of rotatable bonds is 12. The van der Waals surface area contributed by atoms with Gasteiger partial charge in [-0.15, -0.1) is 0 Å². The fraction of sp³-hybridized carbons (Fsp3) is 0.423. The first-order valence-electron chi connectivity index (χ1n) is 12.2. The van der Waals surface area contributed by atoms with E-state index in [1.807, 2.05) is 0 Å².